The van der Waals surface area contributed by atoms with E-state index < -0.39 is 0 Å². The van der Waals surface area contributed by atoms with Crippen molar-refractivity contribution in [3.63, 3.8) is 0 Å². The highest BCUT2D eigenvalue weighted by atomic mass is 15.1. The fraction of sp³-hybridized carbons (Fsp3) is 0.625. The molecule has 100 valence electrons. The molecule has 1 aromatic rings. The van der Waals surface area contributed by atoms with Crippen molar-refractivity contribution in [2.45, 2.75) is 26.8 Å². The van der Waals surface area contributed by atoms with Crippen LogP contribution in [0.4, 0.5) is 0 Å². The van der Waals surface area contributed by atoms with Crippen molar-refractivity contribution in [3.05, 3.63) is 35.9 Å². The van der Waals surface area contributed by atoms with Crippen molar-refractivity contribution in [1.29, 1.82) is 0 Å². The van der Waals surface area contributed by atoms with Crippen LogP contribution in [-0.2, 0) is 6.54 Å². The minimum atomic E-state index is 0.739. The molecule has 0 aromatic heterocycles. The maximum Gasteiger partial charge on any atom is 0.0233 e. The lowest BCUT2D eigenvalue weighted by atomic mass is 10.1. The van der Waals surface area contributed by atoms with Crippen molar-refractivity contribution >= 4 is 0 Å². The second-order valence-corrected chi connectivity index (χ2v) is 5.93. The van der Waals surface area contributed by atoms with Crippen LogP contribution >= 0.6 is 0 Å². The summed E-state index contributed by atoms with van der Waals surface area (Å²) in [5, 5.41) is 3.47. The fourth-order valence-corrected chi connectivity index (χ4v) is 2.80. The molecule has 1 fully saturated rings. The van der Waals surface area contributed by atoms with Gasteiger partial charge in [0.25, 0.3) is 0 Å². The summed E-state index contributed by atoms with van der Waals surface area (Å²) in [7, 11) is 0. The van der Waals surface area contributed by atoms with E-state index >= 15 is 0 Å². The van der Waals surface area contributed by atoms with E-state index in [4.69, 9.17) is 0 Å². The molecule has 2 rings (SSSR count). The molecular weight excluding hydrogens is 220 g/mol. The number of nitrogens with zero attached hydrogens (tertiary/aromatic N) is 1. The molecule has 0 radical (unpaired) electrons. The Morgan fingerprint density at radius 3 is 2.67 bits per heavy atom. The van der Waals surface area contributed by atoms with Gasteiger partial charge in [-0.2, -0.15) is 0 Å². The largest absolute Gasteiger partial charge is 0.316 e. The second-order valence-electron chi connectivity index (χ2n) is 5.93. The third-order valence-corrected chi connectivity index (χ3v) is 3.55. The third-order valence-electron chi connectivity index (χ3n) is 3.55. The molecule has 1 atom stereocenters. The van der Waals surface area contributed by atoms with Crippen LogP contribution in [0, 0.1) is 11.8 Å². The smallest absolute Gasteiger partial charge is 0.0233 e. The van der Waals surface area contributed by atoms with Crippen molar-refractivity contribution in [3.8, 4) is 0 Å². The summed E-state index contributed by atoms with van der Waals surface area (Å²) in [4.78, 5) is 2.62. The Hall–Kier alpha value is -0.860. The van der Waals surface area contributed by atoms with Crippen LogP contribution in [0.15, 0.2) is 30.3 Å². The van der Waals surface area contributed by atoms with Crippen molar-refractivity contribution in [1.82, 2.24) is 10.2 Å². The summed E-state index contributed by atoms with van der Waals surface area (Å²) >= 11 is 0. The predicted octanol–water partition coefficient (Wildman–Crippen LogP) is 2.75. The number of rotatable bonds is 6. The van der Waals surface area contributed by atoms with Crippen LogP contribution in [0.25, 0.3) is 0 Å². The van der Waals surface area contributed by atoms with E-state index in [-0.39, 0.29) is 0 Å². The third kappa shape index (κ3) is 4.43. The van der Waals surface area contributed by atoms with Crippen molar-refractivity contribution in [2.24, 2.45) is 11.8 Å². The van der Waals surface area contributed by atoms with E-state index in [0.717, 1.165) is 18.4 Å². The topological polar surface area (TPSA) is 15.3 Å². The second kappa shape index (κ2) is 6.91. The first-order chi connectivity index (χ1) is 8.74. The van der Waals surface area contributed by atoms with Gasteiger partial charge in [0.1, 0.15) is 0 Å². The van der Waals surface area contributed by atoms with Gasteiger partial charge in [0, 0.05) is 19.6 Å². The number of benzene rings is 1. The average Bonchev–Trinajstić information content (AvgIpc) is 2.82. The molecule has 2 heteroatoms. The van der Waals surface area contributed by atoms with Gasteiger partial charge in [-0.25, -0.2) is 0 Å². The van der Waals surface area contributed by atoms with Crippen molar-refractivity contribution in [2.75, 3.05) is 26.2 Å². The standard InChI is InChI=1S/C16H26N2/c1-14(2)11-18(13-16-8-9-17-10-16)12-15-6-4-3-5-7-15/h3-7,14,16-17H,8-13H2,1-2H3/t16-/m1/s1. The van der Waals surface area contributed by atoms with Gasteiger partial charge in [-0.1, -0.05) is 44.2 Å². The highest BCUT2D eigenvalue weighted by Crippen LogP contribution is 2.14. The number of hydrogen-bond donors (Lipinski definition) is 1. The SMILES string of the molecule is CC(C)CN(Cc1ccccc1)C[C@@H]1CCNC1. The highest BCUT2D eigenvalue weighted by molar-refractivity contribution is 5.14. The Balaban J connectivity index is 1.91. The number of hydrogen-bond acceptors (Lipinski definition) is 2. The van der Waals surface area contributed by atoms with Gasteiger partial charge in [0.05, 0.1) is 0 Å². The summed E-state index contributed by atoms with van der Waals surface area (Å²) in [6, 6.07) is 10.8. The summed E-state index contributed by atoms with van der Waals surface area (Å²) in [5.74, 6) is 1.58. The van der Waals surface area contributed by atoms with Gasteiger partial charge < -0.3 is 5.32 Å². The lowest BCUT2D eigenvalue weighted by Crippen LogP contribution is -2.33. The van der Waals surface area contributed by atoms with Gasteiger partial charge in [-0.05, 0) is 36.9 Å². The Kier molecular flexibility index (Phi) is 5.21. The maximum absolute atomic E-state index is 3.47. The van der Waals surface area contributed by atoms with Gasteiger partial charge in [-0.15, -0.1) is 0 Å². The highest BCUT2D eigenvalue weighted by Gasteiger charge is 2.18. The molecule has 1 heterocycles. The molecule has 2 nitrogen and oxygen atoms in total. The Labute approximate surface area is 111 Å². The molecule has 1 aliphatic heterocycles. The molecule has 0 saturated carbocycles. The summed E-state index contributed by atoms with van der Waals surface area (Å²) in [5.41, 5.74) is 1.43. The molecule has 0 amide bonds. The van der Waals surface area contributed by atoms with Gasteiger partial charge in [0.15, 0.2) is 0 Å². The molecule has 0 spiro atoms. The van der Waals surface area contributed by atoms with Gasteiger partial charge in [-0.3, -0.25) is 4.90 Å². The molecule has 1 aliphatic rings. The lowest BCUT2D eigenvalue weighted by Gasteiger charge is -2.27. The van der Waals surface area contributed by atoms with Gasteiger partial charge in [0.2, 0.25) is 0 Å². The van der Waals surface area contributed by atoms with Gasteiger partial charge >= 0.3 is 0 Å². The Bertz CT molecular complexity index is 328. The molecule has 0 unspecified atom stereocenters. The minimum Gasteiger partial charge on any atom is -0.316 e. The quantitative estimate of drug-likeness (QED) is 0.830. The van der Waals surface area contributed by atoms with Crippen LogP contribution < -0.4 is 5.32 Å². The Morgan fingerprint density at radius 1 is 1.28 bits per heavy atom. The average molecular weight is 246 g/mol. The summed E-state index contributed by atoms with van der Waals surface area (Å²) in [6.45, 7) is 10.5. The molecule has 1 saturated heterocycles. The normalized spacial score (nSPS) is 19.9. The number of nitrogens with one attached hydrogen (secondary N) is 1. The molecule has 18 heavy (non-hydrogen) atoms. The maximum atomic E-state index is 3.47. The lowest BCUT2D eigenvalue weighted by molar-refractivity contribution is 0.205. The van der Waals surface area contributed by atoms with Crippen LogP contribution in [0.3, 0.4) is 0 Å². The van der Waals surface area contributed by atoms with Crippen LogP contribution in [-0.4, -0.2) is 31.1 Å². The monoisotopic (exact) mass is 246 g/mol. The minimum absolute atomic E-state index is 0.739. The summed E-state index contributed by atoms with van der Waals surface area (Å²) < 4.78 is 0. The van der Waals surface area contributed by atoms with Crippen LogP contribution in [0.1, 0.15) is 25.8 Å². The van der Waals surface area contributed by atoms with E-state index in [9.17, 15) is 0 Å². The predicted molar refractivity (Wildman–Crippen MR) is 77.5 cm³/mol. The zero-order valence-corrected chi connectivity index (χ0v) is 11.7. The van der Waals surface area contributed by atoms with Crippen LogP contribution in [0.5, 0.6) is 0 Å². The first kappa shape index (κ1) is 13.6. The van der Waals surface area contributed by atoms with Crippen LogP contribution in [0.2, 0.25) is 0 Å². The first-order valence-electron chi connectivity index (χ1n) is 7.21. The van der Waals surface area contributed by atoms with E-state index in [1.54, 1.807) is 0 Å². The van der Waals surface area contributed by atoms with E-state index in [1.165, 1.54) is 38.2 Å². The first-order valence-corrected chi connectivity index (χ1v) is 7.21. The molecule has 0 aliphatic carbocycles. The summed E-state index contributed by atoms with van der Waals surface area (Å²) in [6.07, 6.45) is 1.34. The van der Waals surface area contributed by atoms with E-state index in [1.807, 2.05) is 0 Å². The van der Waals surface area contributed by atoms with E-state index in [2.05, 4.69) is 54.4 Å². The van der Waals surface area contributed by atoms with E-state index in [0.29, 0.717) is 0 Å². The van der Waals surface area contributed by atoms with Crippen molar-refractivity contribution < 1.29 is 0 Å². The zero-order valence-electron chi connectivity index (χ0n) is 11.7. The molecular formula is C16H26N2. The Morgan fingerprint density at radius 2 is 2.06 bits per heavy atom. The fourth-order valence-electron chi connectivity index (χ4n) is 2.80. The zero-order chi connectivity index (χ0) is 12.8. The molecule has 1 aromatic carbocycles. The molecule has 0 bridgehead atoms. The molecule has 1 N–H and O–H groups in total.